The highest BCUT2D eigenvalue weighted by Crippen LogP contribution is 2.25. The van der Waals surface area contributed by atoms with Crippen molar-refractivity contribution in [2.75, 3.05) is 16.9 Å². The first-order valence-electron chi connectivity index (χ1n) is 10.2. The Balaban J connectivity index is 1.57. The molecule has 1 amide bonds. The standard InChI is InChI=1S/C22H24N4O4S/c1-31(29,30)17-12-10-16(11-13-17)23-20(27)14-26-19-9-5-4-8-18(19)21(25-22(26)28)24-15-6-2-3-7-15/h4-5,8-13,15H,2-3,6-7,14H2,1H3,(H,23,27)(H,24,25,28). The fraction of sp³-hybridized carbons (Fsp3) is 0.318. The SMILES string of the molecule is CS(=O)(=O)c1ccc(NC(=O)Cn2c(=O)nc(NC3CCCC3)c3ccccc32)cc1. The zero-order chi connectivity index (χ0) is 22.0. The van der Waals surface area contributed by atoms with Crippen molar-refractivity contribution in [1.29, 1.82) is 0 Å². The lowest BCUT2D eigenvalue weighted by molar-refractivity contribution is -0.116. The molecule has 0 unspecified atom stereocenters. The van der Waals surface area contributed by atoms with Crippen molar-refractivity contribution in [1.82, 2.24) is 9.55 Å². The van der Waals surface area contributed by atoms with Crippen molar-refractivity contribution in [3.63, 3.8) is 0 Å². The van der Waals surface area contributed by atoms with Gasteiger partial charge in [-0.1, -0.05) is 25.0 Å². The van der Waals surface area contributed by atoms with Gasteiger partial charge in [0.1, 0.15) is 12.4 Å². The summed E-state index contributed by atoms with van der Waals surface area (Å²) in [6.45, 7) is -0.204. The fourth-order valence-corrected chi connectivity index (χ4v) is 4.51. The molecule has 162 valence electrons. The Labute approximate surface area is 180 Å². The summed E-state index contributed by atoms with van der Waals surface area (Å²) in [6.07, 6.45) is 5.56. The molecule has 4 rings (SSSR count). The number of amides is 1. The average molecular weight is 441 g/mol. The maximum Gasteiger partial charge on any atom is 0.350 e. The van der Waals surface area contributed by atoms with Crippen molar-refractivity contribution in [3.05, 3.63) is 59.0 Å². The van der Waals surface area contributed by atoms with Crippen molar-refractivity contribution < 1.29 is 13.2 Å². The second-order valence-corrected chi connectivity index (χ2v) is 9.83. The molecule has 0 spiro atoms. The average Bonchev–Trinajstić information content (AvgIpc) is 3.24. The third-order valence-corrected chi connectivity index (χ3v) is 6.58. The number of aromatic nitrogens is 2. The van der Waals surface area contributed by atoms with Crippen LogP contribution in [0, 0.1) is 0 Å². The normalized spacial score (nSPS) is 14.6. The van der Waals surface area contributed by atoms with Crippen molar-refractivity contribution in [2.24, 2.45) is 0 Å². The number of rotatable bonds is 6. The Bertz CT molecular complexity index is 1280. The minimum atomic E-state index is -3.31. The first-order chi connectivity index (χ1) is 14.8. The van der Waals surface area contributed by atoms with Crippen LogP contribution in [0.2, 0.25) is 0 Å². The minimum Gasteiger partial charge on any atom is -0.367 e. The smallest absolute Gasteiger partial charge is 0.350 e. The van der Waals surface area contributed by atoms with E-state index in [1.54, 1.807) is 6.07 Å². The number of hydrogen-bond donors (Lipinski definition) is 2. The Hall–Kier alpha value is -3.20. The molecular weight excluding hydrogens is 416 g/mol. The Morgan fingerprint density at radius 2 is 1.77 bits per heavy atom. The minimum absolute atomic E-state index is 0.169. The highest BCUT2D eigenvalue weighted by Gasteiger charge is 2.19. The lowest BCUT2D eigenvalue weighted by Gasteiger charge is -2.17. The van der Waals surface area contributed by atoms with E-state index < -0.39 is 21.4 Å². The predicted molar refractivity (Wildman–Crippen MR) is 120 cm³/mol. The fourth-order valence-electron chi connectivity index (χ4n) is 3.88. The zero-order valence-corrected chi connectivity index (χ0v) is 18.0. The number of carbonyl (C=O) groups is 1. The van der Waals surface area contributed by atoms with Gasteiger partial charge >= 0.3 is 5.69 Å². The Kier molecular flexibility index (Phi) is 5.77. The van der Waals surface area contributed by atoms with Gasteiger partial charge in [0.25, 0.3) is 0 Å². The molecular formula is C22H24N4O4S. The Morgan fingerprint density at radius 1 is 1.10 bits per heavy atom. The highest BCUT2D eigenvalue weighted by molar-refractivity contribution is 7.90. The van der Waals surface area contributed by atoms with E-state index >= 15 is 0 Å². The molecule has 9 heteroatoms. The van der Waals surface area contributed by atoms with Crippen LogP contribution in [0.3, 0.4) is 0 Å². The van der Waals surface area contributed by atoms with Gasteiger partial charge in [0, 0.05) is 23.4 Å². The second-order valence-electron chi connectivity index (χ2n) is 7.82. The van der Waals surface area contributed by atoms with Crippen molar-refractivity contribution in [3.8, 4) is 0 Å². The summed E-state index contributed by atoms with van der Waals surface area (Å²) in [7, 11) is -3.31. The number of anilines is 2. The first kappa shape index (κ1) is 21.0. The van der Waals surface area contributed by atoms with E-state index in [0.717, 1.165) is 37.3 Å². The van der Waals surface area contributed by atoms with Gasteiger partial charge < -0.3 is 10.6 Å². The monoisotopic (exact) mass is 440 g/mol. The number of hydrogen-bond acceptors (Lipinski definition) is 6. The lowest BCUT2D eigenvalue weighted by atomic mass is 10.2. The van der Waals surface area contributed by atoms with Crippen LogP contribution in [0.4, 0.5) is 11.5 Å². The summed E-state index contributed by atoms with van der Waals surface area (Å²) >= 11 is 0. The van der Waals surface area contributed by atoms with Gasteiger partial charge in [0.2, 0.25) is 5.91 Å². The van der Waals surface area contributed by atoms with Crippen LogP contribution >= 0.6 is 0 Å². The Morgan fingerprint density at radius 3 is 2.45 bits per heavy atom. The summed E-state index contributed by atoms with van der Waals surface area (Å²) in [5.74, 6) is 0.151. The van der Waals surface area contributed by atoms with Crippen LogP contribution < -0.4 is 16.3 Å². The van der Waals surface area contributed by atoms with E-state index in [4.69, 9.17) is 0 Å². The highest BCUT2D eigenvalue weighted by atomic mass is 32.2. The quantitative estimate of drug-likeness (QED) is 0.610. The summed E-state index contributed by atoms with van der Waals surface area (Å²) in [5, 5.41) is 6.88. The molecule has 1 aliphatic rings. The van der Waals surface area contributed by atoms with Crippen LogP contribution in [0.15, 0.2) is 58.2 Å². The molecule has 3 aromatic rings. The largest absolute Gasteiger partial charge is 0.367 e. The second kappa shape index (κ2) is 8.50. The molecule has 1 aromatic heterocycles. The molecule has 0 atom stereocenters. The molecule has 1 fully saturated rings. The number of carbonyl (C=O) groups excluding carboxylic acids is 1. The van der Waals surface area contributed by atoms with E-state index in [1.807, 2.05) is 18.2 Å². The number of sulfone groups is 1. The van der Waals surface area contributed by atoms with Gasteiger partial charge in [0.15, 0.2) is 9.84 Å². The van der Waals surface area contributed by atoms with Gasteiger partial charge in [-0.25, -0.2) is 13.2 Å². The molecule has 1 saturated carbocycles. The molecule has 0 radical (unpaired) electrons. The van der Waals surface area contributed by atoms with Gasteiger partial charge in [-0.15, -0.1) is 0 Å². The van der Waals surface area contributed by atoms with Crippen LogP contribution in [-0.2, 0) is 21.2 Å². The summed E-state index contributed by atoms with van der Waals surface area (Å²) in [5.41, 5.74) is 0.578. The predicted octanol–water partition coefficient (Wildman–Crippen LogP) is 2.79. The van der Waals surface area contributed by atoms with Crippen LogP contribution in [0.25, 0.3) is 10.9 Å². The third-order valence-electron chi connectivity index (χ3n) is 5.45. The third kappa shape index (κ3) is 4.77. The molecule has 1 aliphatic carbocycles. The van der Waals surface area contributed by atoms with E-state index in [1.165, 1.54) is 28.8 Å². The van der Waals surface area contributed by atoms with Gasteiger partial charge in [-0.2, -0.15) is 4.98 Å². The molecule has 2 aromatic carbocycles. The number of nitrogens with zero attached hydrogens (tertiary/aromatic N) is 2. The molecule has 0 bridgehead atoms. The topological polar surface area (TPSA) is 110 Å². The maximum absolute atomic E-state index is 12.7. The van der Waals surface area contributed by atoms with Crippen molar-refractivity contribution >= 4 is 38.2 Å². The summed E-state index contributed by atoms with van der Waals surface area (Å²) < 4.78 is 24.5. The van der Waals surface area contributed by atoms with Gasteiger partial charge in [0.05, 0.1) is 10.4 Å². The molecule has 8 nitrogen and oxygen atoms in total. The number of benzene rings is 2. The summed E-state index contributed by atoms with van der Waals surface area (Å²) in [6, 6.07) is 13.6. The lowest BCUT2D eigenvalue weighted by Crippen LogP contribution is -2.31. The van der Waals surface area contributed by atoms with Gasteiger partial charge in [-0.05, 0) is 49.2 Å². The molecule has 31 heavy (non-hydrogen) atoms. The molecule has 1 heterocycles. The summed E-state index contributed by atoms with van der Waals surface area (Å²) in [4.78, 5) is 29.7. The van der Waals surface area contributed by atoms with E-state index in [-0.39, 0.29) is 11.4 Å². The zero-order valence-electron chi connectivity index (χ0n) is 17.2. The molecule has 0 saturated heterocycles. The van der Waals surface area contributed by atoms with Crippen molar-refractivity contribution in [2.45, 2.75) is 43.2 Å². The first-order valence-corrected chi connectivity index (χ1v) is 12.1. The van der Waals surface area contributed by atoms with E-state index in [0.29, 0.717) is 23.1 Å². The van der Waals surface area contributed by atoms with Gasteiger partial charge in [-0.3, -0.25) is 9.36 Å². The number of fused-ring (bicyclic) bond motifs is 1. The van der Waals surface area contributed by atoms with E-state index in [2.05, 4.69) is 15.6 Å². The van der Waals surface area contributed by atoms with Crippen LogP contribution in [-0.4, -0.2) is 36.2 Å². The number of nitrogens with one attached hydrogen (secondary N) is 2. The maximum atomic E-state index is 12.7. The van der Waals surface area contributed by atoms with Crippen LogP contribution in [0.5, 0.6) is 0 Å². The molecule has 0 aliphatic heterocycles. The van der Waals surface area contributed by atoms with Crippen LogP contribution in [0.1, 0.15) is 25.7 Å². The molecule has 2 N–H and O–H groups in total. The van der Waals surface area contributed by atoms with E-state index in [9.17, 15) is 18.0 Å². The number of para-hydroxylation sites is 1.